The third-order valence-electron chi connectivity index (χ3n) is 4.08. The van der Waals surface area contributed by atoms with E-state index in [0.29, 0.717) is 33.5 Å². The van der Waals surface area contributed by atoms with Crippen LogP contribution in [0.15, 0.2) is 40.5 Å². The zero-order valence-corrected chi connectivity index (χ0v) is 19.0. The highest BCUT2D eigenvalue weighted by Gasteiger charge is 2.27. The number of aromatic nitrogens is 1. The fourth-order valence-electron chi connectivity index (χ4n) is 2.61. The van der Waals surface area contributed by atoms with E-state index < -0.39 is 15.3 Å². The van der Waals surface area contributed by atoms with Gasteiger partial charge in [0.25, 0.3) is 5.56 Å². The summed E-state index contributed by atoms with van der Waals surface area (Å²) in [5, 5.41) is 4.73. The zero-order valence-electron chi connectivity index (χ0n) is 14.5. The first-order valence-electron chi connectivity index (χ1n) is 7.91. The number of hydrogen-bond acceptors (Lipinski definition) is 5. The molecule has 1 aromatic carbocycles. The normalized spacial score (nSPS) is 16.5. The molecule has 6 nitrogen and oxygen atoms in total. The first-order chi connectivity index (χ1) is 12.7. The summed E-state index contributed by atoms with van der Waals surface area (Å²) in [6.45, 7) is 1.65. The van der Waals surface area contributed by atoms with Gasteiger partial charge >= 0.3 is 0 Å². The molecule has 0 bridgehead atoms. The van der Waals surface area contributed by atoms with Gasteiger partial charge in [0, 0.05) is 21.9 Å². The van der Waals surface area contributed by atoms with E-state index in [1.54, 1.807) is 37.6 Å². The number of aryl methyl sites for hydroxylation is 1. The van der Waals surface area contributed by atoms with Crippen LogP contribution in [0.25, 0.3) is 0 Å². The molecule has 2 N–H and O–H groups in total. The Hall–Kier alpha value is -1.17. The molecule has 2 aromatic rings. The Bertz CT molecular complexity index is 1080. The standard InChI is InChI=1S/C17H17ClIN3O3S2/c1-10-7-15(21-27(24,25)12-5-6-26-9-12)16(22(2)17(10)23)20-14-4-3-11(19)8-13(14)18/h3-8,12,20-21H,9H2,1-2H3. The Kier molecular flexibility index (Phi) is 6.14. The summed E-state index contributed by atoms with van der Waals surface area (Å²) in [6, 6.07) is 6.96. The highest BCUT2D eigenvalue weighted by atomic mass is 127. The van der Waals surface area contributed by atoms with E-state index >= 15 is 0 Å². The Morgan fingerprint density at radius 1 is 1.30 bits per heavy atom. The average molecular weight is 538 g/mol. The fraction of sp³-hybridized carbons (Fsp3) is 0.235. The number of anilines is 3. The summed E-state index contributed by atoms with van der Waals surface area (Å²) < 4.78 is 30.4. The van der Waals surface area contributed by atoms with Crippen LogP contribution in [-0.4, -0.2) is 24.0 Å². The van der Waals surface area contributed by atoms with E-state index in [4.69, 9.17) is 11.6 Å². The van der Waals surface area contributed by atoms with Crippen molar-refractivity contribution in [2.45, 2.75) is 12.2 Å². The Morgan fingerprint density at radius 2 is 2.04 bits per heavy atom. The maximum atomic E-state index is 12.7. The minimum Gasteiger partial charge on any atom is -0.339 e. The first-order valence-corrected chi connectivity index (χ1v) is 12.0. The van der Waals surface area contributed by atoms with Gasteiger partial charge in [0.1, 0.15) is 11.1 Å². The van der Waals surface area contributed by atoms with Gasteiger partial charge < -0.3 is 5.32 Å². The summed E-state index contributed by atoms with van der Waals surface area (Å²) in [4.78, 5) is 12.4. The first kappa shape index (κ1) is 20.6. The average Bonchev–Trinajstić information content (AvgIpc) is 3.13. The van der Waals surface area contributed by atoms with Crippen molar-refractivity contribution in [2.75, 3.05) is 15.8 Å². The molecule has 0 fully saturated rings. The SMILES string of the molecule is Cc1cc(NS(=O)(=O)C2C=CSC2)c(Nc2ccc(I)cc2Cl)n(C)c1=O. The molecule has 1 atom stereocenters. The number of benzene rings is 1. The van der Waals surface area contributed by atoms with Crippen LogP contribution < -0.4 is 15.6 Å². The minimum atomic E-state index is -3.64. The Balaban J connectivity index is 2.05. The van der Waals surface area contributed by atoms with Crippen LogP contribution in [0.2, 0.25) is 5.02 Å². The lowest BCUT2D eigenvalue weighted by atomic mass is 10.2. The number of hydrogen-bond donors (Lipinski definition) is 2. The van der Waals surface area contributed by atoms with Crippen LogP contribution in [0.4, 0.5) is 17.2 Å². The summed E-state index contributed by atoms with van der Waals surface area (Å²) in [7, 11) is -2.05. The molecule has 0 radical (unpaired) electrons. The van der Waals surface area contributed by atoms with Gasteiger partial charge in [0.2, 0.25) is 10.0 Å². The molecule has 0 saturated heterocycles. The van der Waals surface area contributed by atoms with Crippen LogP contribution in [0.3, 0.4) is 0 Å². The lowest BCUT2D eigenvalue weighted by Gasteiger charge is -2.20. The summed E-state index contributed by atoms with van der Waals surface area (Å²) in [5.74, 6) is 0.790. The number of pyridine rings is 1. The van der Waals surface area contributed by atoms with E-state index in [0.717, 1.165) is 3.57 Å². The van der Waals surface area contributed by atoms with Gasteiger partial charge in [-0.05, 0) is 59.2 Å². The van der Waals surface area contributed by atoms with Gasteiger partial charge in [0.15, 0.2) is 0 Å². The van der Waals surface area contributed by atoms with Crippen molar-refractivity contribution in [2.24, 2.45) is 7.05 Å². The molecule has 1 unspecified atom stereocenters. The summed E-state index contributed by atoms with van der Waals surface area (Å²) in [5.41, 5.74) is 1.09. The van der Waals surface area contributed by atoms with Gasteiger partial charge in [-0.1, -0.05) is 17.7 Å². The topological polar surface area (TPSA) is 80.2 Å². The fourth-order valence-corrected chi connectivity index (χ4v) is 6.18. The quantitative estimate of drug-likeness (QED) is 0.562. The van der Waals surface area contributed by atoms with Gasteiger partial charge in [-0.25, -0.2) is 8.42 Å². The zero-order chi connectivity index (χ0) is 19.8. The van der Waals surface area contributed by atoms with Crippen LogP contribution in [0, 0.1) is 10.5 Å². The Morgan fingerprint density at radius 3 is 2.67 bits per heavy atom. The lowest BCUT2D eigenvalue weighted by Crippen LogP contribution is -2.29. The molecular weight excluding hydrogens is 521 g/mol. The molecule has 144 valence electrons. The van der Waals surface area contributed by atoms with Crippen molar-refractivity contribution in [3.8, 4) is 0 Å². The number of nitrogens with zero attached hydrogens (tertiary/aromatic N) is 1. The molecule has 27 heavy (non-hydrogen) atoms. The monoisotopic (exact) mass is 537 g/mol. The number of sulfonamides is 1. The predicted molar refractivity (Wildman–Crippen MR) is 122 cm³/mol. The van der Waals surface area contributed by atoms with Crippen molar-refractivity contribution in [1.82, 2.24) is 4.57 Å². The number of halogens is 2. The van der Waals surface area contributed by atoms with Gasteiger partial charge in [-0.15, -0.1) is 11.8 Å². The molecule has 1 aromatic heterocycles. The summed E-state index contributed by atoms with van der Waals surface area (Å²) in [6.07, 6.45) is 1.66. The van der Waals surface area contributed by atoms with E-state index in [2.05, 4.69) is 32.6 Å². The minimum absolute atomic E-state index is 0.224. The Labute approximate surface area is 180 Å². The van der Waals surface area contributed by atoms with E-state index in [1.165, 1.54) is 22.4 Å². The lowest BCUT2D eigenvalue weighted by molar-refractivity contribution is 0.597. The third kappa shape index (κ3) is 4.47. The highest BCUT2D eigenvalue weighted by Crippen LogP contribution is 2.32. The molecule has 3 rings (SSSR count). The highest BCUT2D eigenvalue weighted by molar-refractivity contribution is 14.1. The van der Waals surface area contributed by atoms with Crippen molar-refractivity contribution >= 4 is 73.2 Å². The van der Waals surface area contributed by atoms with Crippen LogP contribution in [0.1, 0.15) is 5.56 Å². The number of nitrogens with one attached hydrogen (secondary N) is 2. The van der Waals surface area contributed by atoms with E-state index in [-0.39, 0.29) is 5.56 Å². The predicted octanol–water partition coefficient (Wildman–Crippen LogP) is 4.07. The third-order valence-corrected chi connectivity index (χ3v) is 7.80. The molecule has 1 aliphatic rings. The van der Waals surface area contributed by atoms with Crippen molar-refractivity contribution in [3.63, 3.8) is 0 Å². The van der Waals surface area contributed by atoms with Crippen LogP contribution >= 0.6 is 46.0 Å². The van der Waals surface area contributed by atoms with Gasteiger partial charge in [0.05, 0.1) is 16.4 Å². The second kappa shape index (κ2) is 8.06. The van der Waals surface area contributed by atoms with Crippen molar-refractivity contribution in [3.05, 3.63) is 60.3 Å². The van der Waals surface area contributed by atoms with Crippen molar-refractivity contribution in [1.29, 1.82) is 0 Å². The maximum absolute atomic E-state index is 12.7. The van der Waals surface area contributed by atoms with Gasteiger partial charge in [-0.3, -0.25) is 14.1 Å². The molecule has 0 spiro atoms. The summed E-state index contributed by atoms with van der Waals surface area (Å²) >= 11 is 9.88. The van der Waals surface area contributed by atoms with Gasteiger partial charge in [-0.2, -0.15) is 0 Å². The second-order valence-electron chi connectivity index (χ2n) is 6.05. The molecule has 0 saturated carbocycles. The number of rotatable bonds is 5. The molecule has 0 amide bonds. The number of thioether (sulfide) groups is 1. The second-order valence-corrected chi connectivity index (χ2v) is 10.5. The van der Waals surface area contributed by atoms with Crippen molar-refractivity contribution < 1.29 is 8.42 Å². The maximum Gasteiger partial charge on any atom is 0.254 e. The van der Waals surface area contributed by atoms with Crippen LogP contribution in [-0.2, 0) is 17.1 Å². The molecular formula is C17H17ClIN3O3S2. The smallest absolute Gasteiger partial charge is 0.254 e. The van der Waals surface area contributed by atoms with E-state index in [1.807, 2.05) is 6.07 Å². The molecule has 1 aliphatic heterocycles. The largest absolute Gasteiger partial charge is 0.339 e. The molecule has 10 heteroatoms. The molecule has 0 aliphatic carbocycles. The van der Waals surface area contributed by atoms with Crippen LogP contribution in [0.5, 0.6) is 0 Å². The molecule has 2 heterocycles. The van der Waals surface area contributed by atoms with E-state index in [9.17, 15) is 13.2 Å².